The van der Waals surface area contributed by atoms with Crippen LogP contribution in [-0.4, -0.2) is 15.7 Å². The van der Waals surface area contributed by atoms with Crippen molar-refractivity contribution in [2.75, 3.05) is 0 Å². The van der Waals surface area contributed by atoms with Crippen LogP contribution in [0.2, 0.25) is 0 Å². The van der Waals surface area contributed by atoms with E-state index in [0.717, 1.165) is 29.9 Å². The largest absolute Gasteiger partial charge is 0.416 e. The van der Waals surface area contributed by atoms with E-state index >= 15 is 0 Å². The van der Waals surface area contributed by atoms with E-state index in [1.54, 1.807) is 0 Å². The lowest BCUT2D eigenvalue weighted by atomic mass is 9.98. The topological polar surface area (TPSA) is 34.9 Å². The molecule has 4 rings (SSSR count). The van der Waals surface area contributed by atoms with Gasteiger partial charge in [0.05, 0.1) is 17.0 Å². The molecule has 26 heavy (non-hydrogen) atoms. The molecule has 0 amide bonds. The fraction of sp³-hybridized carbons (Fsp3) is 0.400. The molecule has 2 atom stereocenters. The van der Waals surface area contributed by atoms with Crippen molar-refractivity contribution >= 4 is 12.0 Å². The summed E-state index contributed by atoms with van der Waals surface area (Å²) in [6.45, 7) is 6.38. The van der Waals surface area contributed by atoms with E-state index in [9.17, 15) is 18.0 Å². The van der Waals surface area contributed by atoms with Gasteiger partial charge in [-0.15, -0.1) is 0 Å². The maximum absolute atomic E-state index is 12.8. The van der Waals surface area contributed by atoms with Crippen molar-refractivity contribution in [3.05, 3.63) is 58.4 Å². The number of hydrogen-bond donors (Lipinski definition) is 0. The van der Waals surface area contributed by atoms with Gasteiger partial charge in [0.2, 0.25) is 0 Å². The molecular formula is C20H19F3N2O. The Morgan fingerprint density at radius 1 is 1.35 bits per heavy atom. The molecule has 0 saturated heterocycles. The Balaban J connectivity index is 1.58. The van der Waals surface area contributed by atoms with Crippen LogP contribution in [0.25, 0.3) is 6.08 Å². The van der Waals surface area contributed by atoms with Gasteiger partial charge in [-0.05, 0) is 54.4 Å². The monoisotopic (exact) mass is 360 g/mol. The van der Waals surface area contributed by atoms with Gasteiger partial charge in [-0.3, -0.25) is 4.79 Å². The maximum atomic E-state index is 12.8. The predicted molar refractivity (Wildman–Crippen MR) is 91.8 cm³/mol. The van der Waals surface area contributed by atoms with Crippen LogP contribution in [0.5, 0.6) is 0 Å². The SMILES string of the molecule is Cc1nn(C(=O)/C=C/c2cccc(C(F)(F)F)c2)c2c1[C@H]1[C@@H](C2)C1(C)C. The Kier molecular flexibility index (Phi) is 3.49. The third kappa shape index (κ3) is 2.50. The molecule has 1 saturated carbocycles. The van der Waals surface area contributed by atoms with Crippen LogP contribution >= 0.6 is 0 Å². The normalized spacial score (nSPS) is 23.2. The fourth-order valence-electron chi connectivity index (χ4n) is 4.33. The van der Waals surface area contributed by atoms with E-state index in [4.69, 9.17) is 0 Å². The van der Waals surface area contributed by atoms with Crippen molar-refractivity contribution in [1.29, 1.82) is 0 Å². The second kappa shape index (κ2) is 5.32. The zero-order chi connectivity index (χ0) is 18.9. The summed E-state index contributed by atoms with van der Waals surface area (Å²) in [5.74, 6) is 0.693. The molecule has 1 aromatic heterocycles. The standard InChI is InChI=1S/C20H19F3N2O/c1-11-17-15(10-14-18(17)19(14,2)3)25(24-11)16(26)8-7-12-5-4-6-13(9-12)20(21,22)23/h4-9,14,18H,10H2,1-3H3/b8-7+/t14-,18-/m1/s1. The fourth-order valence-corrected chi connectivity index (χ4v) is 4.33. The Bertz CT molecular complexity index is 937. The van der Waals surface area contributed by atoms with Gasteiger partial charge in [0.15, 0.2) is 0 Å². The number of halogens is 3. The van der Waals surface area contributed by atoms with Gasteiger partial charge in [-0.2, -0.15) is 18.3 Å². The molecule has 136 valence electrons. The average molecular weight is 360 g/mol. The highest BCUT2D eigenvalue weighted by molar-refractivity contribution is 5.94. The first-order chi connectivity index (χ1) is 12.1. The second-order valence-corrected chi connectivity index (χ2v) is 7.76. The molecule has 2 aliphatic rings. The molecule has 0 aliphatic heterocycles. The van der Waals surface area contributed by atoms with E-state index < -0.39 is 11.7 Å². The van der Waals surface area contributed by atoms with E-state index in [0.29, 0.717) is 17.4 Å². The van der Waals surface area contributed by atoms with E-state index in [-0.39, 0.29) is 11.3 Å². The molecule has 2 aliphatic carbocycles. The van der Waals surface area contributed by atoms with Crippen molar-refractivity contribution in [2.24, 2.45) is 11.3 Å². The molecule has 0 spiro atoms. The minimum atomic E-state index is -4.40. The summed E-state index contributed by atoms with van der Waals surface area (Å²) < 4.78 is 39.8. The van der Waals surface area contributed by atoms with Gasteiger partial charge >= 0.3 is 6.18 Å². The minimum absolute atomic E-state index is 0.266. The quantitative estimate of drug-likeness (QED) is 0.717. The highest BCUT2D eigenvalue weighted by atomic mass is 19.4. The Morgan fingerprint density at radius 3 is 2.77 bits per heavy atom. The van der Waals surface area contributed by atoms with Crippen LogP contribution in [0, 0.1) is 18.3 Å². The molecule has 0 N–H and O–H groups in total. The molecule has 1 aromatic carbocycles. The number of alkyl halides is 3. The van der Waals surface area contributed by atoms with E-state index in [1.165, 1.54) is 34.5 Å². The molecule has 0 radical (unpaired) electrons. The summed E-state index contributed by atoms with van der Waals surface area (Å²) in [5, 5.41) is 4.38. The maximum Gasteiger partial charge on any atom is 0.416 e. The summed E-state index contributed by atoms with van der Waals surface area (Å²) in [6, 6.07) is 4.91. The van der Waals surface area contributed by atoms with Crippen LogP contribution in [0.15, 0.2) is 30.3 Å². The number of aromatic nitrogens is 2. The zero-order valence-corrected chi connectivity index (χ0v) is 14.8. The Morgan fingerprint density at radius 2 is 2.08 bits per heavy atom. The number of rotatable bonds is 2. The number of benzene rings is 1. The number of aryl methyl sites for hydroxylation is 1. The van der Waals surface area contributed by atoms with Gasteiger partial charge in [0.25, 0.3) is 5.91 Å². The minimum Gasteiger partial charge on any atom is -0.267 e. The Labute approximate surface area is 149 Å². The molecule has 2 aromatic rings. The number of hydrogen-bond acceptors (Lipinski definition) is 2. The first-order valence-corrected chi connectivity index (χ1v) is 8.59. The third-order valence-corrected chi connectivity index (χ3v) is 5.82. The molecule has 3 nitrogen and oxygen atoms in total. The molecule has 1 fully saturated rings. The summed E-state index contributed by atoms with van der Waals surface area (Å²) >= 11 is 0. The average Bonchev–Trinajstić information content (AvgIpc) is 2.92. The highest BCUT2D eigenvalue weighted by Crippen LogP contribution is 2.70. The van der Waals surface area contributed by atoms with Crippen LogP contribution in [0.1, 0.15) is 52.6 Å². The van der Waals surface area contributed by atoms with Gasteiger partial charge in [-0.1, -0.05) is 26.0 Å². The van der Waals surface area contributed by atoms with Crippen molar-refractivity contribution < 1.29 is 18.0 Å². The van der Waals surface area contributed by atoms with Crippen molar-refractivity contribution in [1.82, 2.24) is 9.78 Å². The summed E-state index contributed by atoms with van der Waals surface area (Å²) in [7, 11) is 0. The molecule has 0 unspecified atom stereocenters. The first kappa shape index (κ1) is 17.1. The molecule has 0 bridgehead atoms. The summed E-state index contributed by atoms with van der Waals surface area (Å²) in [5.41, 5.74) is 2.88. The number of nitrogens with zero attached hydrogens (tertiary/aromatic N) is 2. The molecular weight excluding hydrogens is 341 g/mol. The predicted octanol–water partition coefficient (Wildman–Crippen LogP) is 4.86. The number of allylic oxidation sites excluding steroid dienone is 1. The van der Waals surface area contributed by atoms with Crippen LogP contribution < -0.4 is 0 Å². The van der Waals surface area contributed by atoms with Gasteiger partial charge in [0, 0.05) is 11.6 Å². The lowest BCUT2D eigenvalue weighted by Crippen LogP contribution is -2.14. The van der Waals surface area contributed by atoms with Gasteiger partial charge in [0.1, 0.15) is 0 Å². The lowest BCUT2D eigenvalue weighted by molar-refractivity contribution is -0.137. The smallest absolute Gasteiger partial charge is 0.267 e. The van der Waals surface area contributed by atoms with E-state index in [2.05, 4.69) is 18.9 Å². The van der Waals surface area contributed by atoms with Gasteiger partial charge in [-0.25, -0.2) is 4.68 Å². The summed E-state index contributed by atoms with van der Waals surface area (Å²) in [4.78, 5) is 12.5. The summed E-state index contributed by atoms with van der Waals surface area (Å²) in [6.07, 6.45) is -0.878. The first-order valence-electron chi connectivity index (χ1n) is 8.59. The van der Waals surface area contributed by atoms with E-state index in [1.807, 2.05) is 6.92 Å². The third-order valence-electron chi connectivity index (χ3n) is 5.82. The van der Waals surface area contributed by atoms with Crippen molar-refractivity contribution in [3.63, 3.8) is 0 Å². The highest BCUT2D eigenvalue weighted by Gasteiger charge is 2.64. The number of carbonyl (C=O) groups excluding carboxylic acids is 1. The van der Waals surface area contributed by atoms with Crippen LogP contribution in [-0.2, 0) is 12.6 Å². The lowest BCUT2D eigenvalue weighted by Gasteiger charge is -2.09. The molecule has 6 heteroatoms. The van der Waals surface area contributed by atoms with Crippen LogP contribution in [0.4, 0.5) is 13.2 Å². The second-order valence-electron chi connectivity index (χ2n) is 7.76. The van der Waals surface area contributed by atoms with Crippen LogP contribution in [0.3, 0.4) is 0 Å². The zero-order valence-electron chi connectivity index (χ0n) is 14.8. The molecule has 1 heterocycles. The van der Waals surface area contributed by atoms with Crippen molar-refractivity contribution in [3.8, 4) is 0 Å². The Hall–Kier alpha value is -2.37. The van der Waals surface area contributed by atoms with Gasteiger partial charge < -0.3 is 0 Å². The van der Waals surface area contributed by atoms with Crippen molar-refractivity contribution in [2.45, 2.75) is 39.3 Å². The number of fused-ring (bicyclic) bond motifs is 3. The number of carbonyl (C=O) groups is 1.